The van der Waals surface area contributed by atoms with Crippen molar-refractivity contribution in [1.29, 1.82) is 5.41 Å². The van der Waals surface area contributed by atoms with Gasteiger partial charge in [0, 0.05) is 13.5 Å². The van der Waals surface area contributed by atoms with Crippen LogP contribution in [-0.4, -0.2) is 68.6 Å². The Balaban J connectivity index is 1.90. The molecule has 3 heterocycles. The lowest BCUT2D eigenvalue weighted by molar-refractivity contribution is -0.0740. The second-order valence-electron chi connectivity index (χ2n) is 8.58. The molecule has 0 amide bonds. The van der Waals surface area contributed by atoms with E-state index >= 15 is 0 Å². The zero-order valence-electron chi connectivity index (χ0n) is 19.1. The van der Waals surface area contributed by atoms with Crippen molar-refractivity contribution >= 4 is 18.8 Å². The van der Waals surface area contributed by atoms with Gasteiger partial charge in [-0.05, 0) is 25.8 Å². The van der Waals surface area contributed by atoms with Gasteiger partial charge in [-0.15, -0.1) is 0 Å². The number of fused-ring (bicyclic) bond motifs is 1. The average Bonchev–Trinajstić information content (AvgIpc) is 3.32. The lowest BCUT2D eigenvalue weighted by atomic mass is 9.88. The van der Waals surface area contributed by atoms with Crippen molar-refractivity contribution in [2.45, 2.75) is 75.5 Å². The number of nitrogens with one attached hydrogen (secondary N) is 1. The molecule has 3 rings (SSSR count). The molecule has 33 heavy (non-hydrogen) atoms. The van der Waals surface area contributed by atoms with E-state index in [4.69, 9.17) is 14.7 Å². The molecule has 0 bridgehead atoms. The first-order valence-electron chi connectivity index (χ1n) is 10.7. The second-order valence-corrected chi connectivity index (χ2v) is 10.7. The second kappa shape index (κ2) is 9.03. The number of nitrogens with zero attached hydrogens (tertiary/aromatic N) is 4. The Kier molecular flexibility index (Phi) is 7.03. The van der Waals surface area contributed by atoms with Crippen LogP contribution in [0.1, 0.15) is 46.3 Å². The van der Waals surface area contributed by atoms with E-state index in [-0.39, 0.29) is 24.8 Å². The Bertz CT molecular complexity index is 1130. The highest BCUT2D eigenvalue weighted by Gasteiger charge is 2.51. The van der Waals surface area contributed by atoms with E-state index < -0.39 is 43.1 Å². The average molecular weight is 485 g/mol. The highest BCUT2D eigenvalue weighted by atomic mass is 31.2. The van der Waals surface area contributed by atoms with Crippen LogP contribution < -0.4 is 5.49 Å². The van der Waals surface area contributed by atoms with Gasteiger partial charge < -0.3 is 29.5 Å². The van der Waals surface area contributed by atoms with E-state index in [2.05, 4.69) is 16.5 Å². The first-order valence-corrected chi connectivity index (χ1v) is 12.2. The highest BCUT2D eigenvalue weighted by Crippen LogP contribution is 2.59. The number of aliphatic hydroxyl groups is 3. The molecule has 1 aliphatic rings. The molecule has 184 valence electrons. The highest BCUT2D eigenvalue weighted by molar-refractivity contribution is 7.54. The molecule has 0 spiro atoms. The summed E-state index contributed by atoms with van der Waals surface area (Å²) in [5.74, 6) is 0. The molecule has 12 nitrogen and oxygen atoms in total. The van der Waals surface area contributed by atoms with Crippen LogP contribution in [0.5, 0.6) is 0 Å². The van der Waals surface area contributed by atoms with Crippen LogP contribution in [0.4, 0.5) is 0 Å². The fourth-order valence-electron chi connectivity index (χ4n) is 3.87. The van der Waals surface area contributed by atoms with Gasteiger partial charge in [0.05, 0.1) is 24.4 Å². The van der Waals surface area contributed by atoms with Crippen molar-refractivity contribution in [3.8, 4) is 0 Å². The smallest absolute Gasteiger partial charge is 0.363 e. The summed E-state index contributed by atoms with van der Waals surface area (Å²) in [4.78, 5) is 18.9. The molecule has 0 radical (unpaired) electrons. The predicted octanol–water partition coefficient (Wildman–Crippen LogP) is 0.914. The van der Waals surface area contributed by atoms with Gasteiger partial charge in [-0.3, -0.25) is 19.1 Å². The molecule has 13 heteroatoms. The first-order chi connectivity index (χ1) is 15.3. The van der Waals surface area contributed by atoms with Gasteiger partial charge in [0.1, 0.15) is 17.7 Å². The van der Waals surface area contributed by atoms with Crippen molar-refractivity contribution in [1.82, 2.24) is 19.1 Å². The normalized spacial score (nSPS) is 27.4. The summed E-state index contributed by atoms with van der Waals surface area (Å²) in [6.07, 6.45) is -0.368. The van der Waals surface area contributed by atoms with Gasteiger partial charge in [-0.1, -0.05) is 20.4 Å². The van der Waals surface area contributed by atoms with Crippen molar-refractivity contribution in [3.63, 3.8) is 0 Å². The number of aryl methyl sites for hydroxylation is 1. The zero-order valence-corrected chi connectivity index (χ0v) is 20.0. The van der Waals surface area contributed by atoms with Crippen LogP contribution in [0, 0.1) is 5.41 Å². The third kappa shape index (κ3) is 4.44. The Labute approximate surface area is 191 Å². The number of hydrogen-bond donors (Lipinski definition) is 5. The predicted molar refractivity (Wildman–Crippen MR) is 118 cm³/mol. The number of ether oxygens (including phenoxy) is 1. The summed E-state index contributed by atoms with van der Waals surface area (Å²) >= 11 is 0. The standard InChI is InChI=1S/C20H32N5O7P/c1-6-19(4,28)33(29,30)32-20(7-2,8-3)9-12-14(26)15(27)18(31-12)25-11-22-13-16(21)24(5)10-23-17(13)25/h6,10-12,14-15,18,21,26-28H,1,7-9H2,2-5H3,(H,29,30)/t12?,14-,15-,18-,19?/m1/s1. The molecule has 1 fully saturated rings. The summed E-state index contributed by atoms with van der Waals surface area (Å²) in [5, 5.41) is 37.7. The summed E-state index contributed by atoms with van der Waals surface area (Å²) in [5.41, 5.74) is -0.484. The molecule has 3 unspecified atom stereocenters. The number of hydrogen-bond acceptors (Lipinski definition) is 9. The monoisotopic (exact) mass is 485 g/mol. The van der Waals surface area contributed by atoms with Crippen molar-refractivity contribution in [3.05, 3.63) is 30.8 Å². The molecular weight excluding hydrogens is 453 g/mol. The van der Waals surface area contributed by atoms with Crippen LogP contribution >= 0.6 is 7.60 Å². The SMILES string of the molecule is C=CC(C)(O)P(=O)(O)OC(CC)(CC)CC1O[C@@H](n2cnc3c(=N)n(C)cnc32)[C@H](O)[C@@H]1O. The zero-order chi connectivity index (χ0) is 24.8. The van der Waals surface area contributed by atoms with E-state index in [1.54, 1.807) is 20.9 Å². The third-order valence-electron chi connectivity index (χ3n) is 6.45. The maximum Gasteiger partial charge on any atom is 0.363 e. The number of aromatic nitrogens is 4. The van der Waals surface area contributed by atoms with Gasteiger partial charge in [0.15, 0.2) is 22.7 Å². The van der Waals surface area contributed by atoms with Crippen molar-refractivity contribution in [2.75, 3.05) is 0 Å². The van der Waals surface area contributed by atoms with Crippen LogP contribution in [-0.2, 0) is 20.9 Å². The van der Waals surface area contributed by atoms with Crippen molar-refractivity contribution in [2.24, 2.45) is 7.05 Å². The quantitative estimate of drug-likeness (QED) is 0.255. The molecule has 1 aliphatic heterocycles. The summed E-state index contributed by atoms with van der Waals surface area (Å²) < 4.78 is 27.3. The van der Waals surface area contributed by atoms with Crippen LogP contribution in [0.2, 0.25) is 0 Å². The van der Waals surface area contributed by atoms with Crippen LogP contribution in [0.15, 0.2) is 25.3 Å². The Morgan fingerprint density at radius 2 is 1.94 bits per heavy atom. The third-order valence-corrected chi connectivity index (χ3v) is 8.41. The van der Waals surface area contributed by atoms with Gasteiger partial charge in [0.25, 0.3) is 0 Å². The molecule has 0 aromatic carbocycles. The van der Waals surface area contributed by atoms with Gasteiger partial charge in [-0.2, -0.15) is 0 Å². The molecule has 0 saturated carbocycles. The minimum Gasteiger partial charge on any atom is -0.388 e. The fourth-order valence-corrected chi connectivity index (χ4v) is 5.14. The minimum absolute atomic E-state index is 0.0226. The molecular formula is C20H32N5O7P. The van der Waals surface area contributed by atoms with E-state index in [0.29, 0.717) is 11.2 Å². The van der Waals surface area contributed by atoms with Crippen molar-refractivity contribution < 1.29 is 34.0 Å². The summed E-state index contributed by atoms with van der Waals surface area (Å²) in [7, 11) is -2.90. The summed E-state index contributed by atoms with van der Waals surface area (Å²) in [6.45, 7) is 8.03. The Hall–Kier alpha value is -1.92. The maximum absolute atomic E-state index is 12.8. The largest absolute Gasteiger partial charge is 0.388 e. The Morgan fingerprint density at radius 3 is 2.52 bits per heavy atom. The van der Waals surface area contributed by atoms with E-state index in [0.717, 1.165) is 13.0 Å². The molecule has 0 aliphatic carbocycles. The van der Waals surface area contributed by atoms with Gasteiger partial charge in [-0.25, -0.2) is 9.97 Å². The maximum atomic E-state index is 12.8. The topological polar surface area (TPSA) is 176 Å². The number of imidazole rings is 1. The first kappa shape index (κ1) is 25.7. The fraction of sp³-hybridized carbons (Fsp3) is 0.650. The molecule has 2 aromatic heterocycles. The number of aliphatic hydroxyl groups excluding tert-OH is 2. The molecule has 1 saturated heterocycles. The minimum atomic E-state index is -4.56. The van der Waals surface area contributed by atoms with E-state index in [1.165, 1.54) is 21.8 Å². The Morgan fingerprint density at radius 1 is 1.30 bits per heavy atom. The summed E-state index contributed by atoms with van der Waals surface area (Å²) in [6, 6.07) is 0. The van der Waals surface area contributed by atoms with Gasteiger partial charge >= 0.3 is 7.60 Å². The molecule has 6 atom stereocenters. The molecule has 2 aromatic rings. The number of rotatable bonds is 9. The lowest BCUT2D eigenvalue weighted by Gasteiger charge is -2.38. The van der Waals surface area contributed by atoms with Gasteiger partial charge in [0.2, 0.25) is 0 Å². The molecule has 5 N–H and O–H groups in total. The van der Waals surface area contributed by atoms with E-state index in [9.17, 15) is 24.8 Å². The van der Waals surface area contributed by atoms with E-state index in [1.807, 2.05) is 0 Å². The van der Waals surface area contributed by atoms with Crippen LogP contribution in [0.25, 0.3) is 11.2 Å². The van der Waals surface area contributed by atoms with Crippen LogP contribution in [0.3, 0.4) is 0 Å². The lowest BCUT2D eigenvalue weighted by Crippen LogP contribution is -2.41.